The molecule has 108 valence electrons. The highest BCUT2D eigenvalue weighted by atomic mass is 16.5. The zero-order chi connectivity index (χ0) is 13.9. The van der Waals surface area contributed by atoms with E-state index in [-0.39, 0.29) is 0 Å². The SMILES string of the molecule is COCCOCCCOc1cc(OC)ccc1CN. The summed E-state index contributed by atoms with van der Waals surface area (Å²) in [5.41, 5.74) is 6.64. The molecule has 2 N–H and O–H groups in total. The molecule has 0 saturated carbocycles. The lowest BCUT2D eigenvalue weighted by Crippen LogP contribution is -2.08. The third kappa shape index (κ3) is 5.92. The van der Waals surface area contributed by atoms with Crippen molar-refractivity contribution in [2.75, 3.05) is 40.6 Å². The van der Waals surface area contributed by atoms with Crippen molar-refractivity contribution in [3.8, 4) is 11.5 Å². The number of nitrogens with two attached hydrogens (primary N) is 1. The molecule has 0 bridgehead atoms. The number of hydrogen-bond donors (Lipinski definition) is 1. The van der Waals surface area contributed by atoms with Gasteiger partial charge in [0.2, 0.25) is 0 Å². The number of hydrogen-bond acceptors (Lipinski definition) is 5. The summed E-state index contributed by atoms with van der Waals surface area (Å²) in [7, 11) is 3.29. The number of ether oxygens (including phenoxy) is 4. The van der Waals surface area contributed by atoms with Crippen LogP contribution in [0.3, 0.4) is 0 Å². The van der Waals surface area contributed by atoms with Crippen molar-refractivity contribution in [2.24, 2.45) is 5.73 Å². The van der Waals surface area contributed by atoms with Crippen LogP contribution in [0, 0.1) is 0 Å². The highest BCUT2D eigenvalue weighted by Crippen LogP contribution is 2.24. The molecule has 0 aliphatic heterocycles. The summed E-state index contributed by atoms with van der Waals surface area (Å²) in [6.45, 7) is 2.93. The van der Waals surface area contributed by atoms with Crippen molar-refractivity contribution in [1.82, 2.24) is 0 Å². The van der Waals surface area contributed by atoms with Crippen LogP contribution in [-0.4, -0.2) is 40.6 Å². The van der Waals surface area contributed by atoms with Crippen LogP contribution in [0.2, 0.25) is 0 Å². The van der Waals surface area contributed by atoms with Gasteiger partial charge in [0.05, 0.1) is 26.9 Å². The topological polar surface area (TPSA) is 62.9 Å². The van der Waals surface area contributed by atoms with Crippen LogP contribution in [0.15, 0.2) is 18.2 Å². The zero-order valence-electron chi connectivity index (χ0n) is 11.7. The fraction of sp³-hybridized carbons (Fsp3) is 0.571. The van der Waals surface area contributed by atoms with E-state index in [0.29, 0.717) is 33.0 Å². The molecule has 0 saturated heterocycles. The molecule has 1 rings (SSSR count). The van der Waals surface area contributed by atoms with Gasteiger partial charge >= 0.3 is 0 Å². The molecule has 0 aliphatic carbocycles. The highest BCUT2D eigenvalue weighted by molar-refractivity contribution is 5.40. The predicted molar refractivity (Wildman–Crippen MR) is 73.7 cm³/mol. The maximum atomic E-state index is 5.71. The number of rotatable bonds is 10. The van der Waals surface area contributed by atoms with Gasteiger partial charge in [-0.15, -0.1) is 0 Å². The summed E-state index contributed by atoms with van der Waals surface area (Å²) in [5.74, 6) is 1.54. The first-order chi connectivity index (χ1) is 9.31. The standard InChI is InChI=1S/C14H23NO4/c1-16-8-9-18-6-3-7-19-14-10-13(17-2)5-4-12(14)11-15/h4-5,10H,3,6-9,11,15H2,1-2H3. The molecule has 19 heavy (non-hydrogen) atoms. The molecule has 0 aromatic heterocycles. The Bertz CT molecular complexity index is 357. The van der Waals surface area contributed by atoms with Gasteiger partial charge in [0, 0.05) is 38.3 Å². The van der Waals surface area contributed by atoms with Crippen LogP contribution >= 0.6 is 0 Å². The lowest BCUT2D eigenvalue weighted by atomic mass is 10.2. The smallest absolute Gasteiger partial charge is 0.127 e. The van der Waals surface area contributed by atoms with Gasteiger partial charge in [-0.25, -0.2) is 0 Å². The van der Waals surface area contributed by atoms with E-state index in [1.54, 1.807) is 14.2 Å². The molecule has 0 heterocycles. The molecular formula is C14H23NO4. The summed E-state index contributed by atoms with van der Waals surface area (Å²) in [6.07, 6.45) is 0.824. The number of benzene rings is 1. The van der Waals surface area contributed by atoms with Crippen molar-refractivity contribution >= 4 is 0 Å². The third-order valence-electron chi connectivity index (χ3n) is 2.62. The molecular weight excluding hydrogens is 246 g/mol. The van der Waals surface area contributed by atoms with E-state index in [9.17, 15) is 0 Å². The second kappa shape index (κ2) is 9.61. The second-order valence-corrected chi connectivity index (χ2v) is 3.98. The Labute approximate surface area is 114 Å². The molecule has 0 aliphatic rings. The minimum Gasteiger partial charge on any atom is -0.497 e. The van der Waals surface area contributed by atoms with Crippen molar-refractivity contribution in [3.63, 3.8) is 0 Å². The maximum Gasteiger partial charge on any atom is 0.127 e. The third-order valence-corrected chi connectivity index (χ3v) is 2.62. The van der Waals surface area contributed by atoms with Crippen molar-refractivity contribution in [3.05, 3.63) is 23.8 Å². The van der Waals surface area contributed by atoms with Gasteiger partial charge in [-0.1, -0.05) is 6.07 Å². The average molecular weight is 269 g/mol. The Hall–Kier alpha value is -1.30. The molecule has 0 atom stereocenters. The van der Waals surface area contributed by atoms with Crippen LogP contribution in [-0.2, 0) is 16.0 Å². The van der Waals surface area contributed by atoms with Crippen LogP contribution in [0.1, 0.15) is 12.0 Å². The maximum absolute atomic E-state index is 5.71. The number of methoxy groups -OCH3 is 2. The fourth-order valence-corrected chi connectivity index (χ4v) is 1.55. The Morgan fingerprint density at radius 3 is 2.58 bits per heavy atom. The van der Waals surface area contributed by atoms with Gasteiger partial charge in [0.1, 0.15) is 11.5 Å². The first-order valence-electron chi connectivity index (χ1n) is 6.38. The van der Waals surface area contributed by atoms with Crippen LogP contribution in [0.4, 0.5) is 0 Å². The average Bonchev–Trinajstić information content (AvgIpc) is 2.46. The van der Waals surface area contributed by atoms with Crippen molar-refractivity contribution < 1.29 is 18.9 Å². The second-order valence-electron chi connectivity index (χ2n) is 3.98. The van der Waals surface area contributed by atoms with Crippen LogP contribution in [0.5, 0.6) is 11.5 Å². The van der Waals surface area contributed by atoms with E-state index in [0.717, 1.165) is 23.5 Å². The quantitative estimate of drug-likeness (QED) is 0.653. The summed E-state index contributed by atoms with van der Waals surface area (Å²) in [6, 6.07) is 5.65. The summed E-state index contributed by atoms with van der Waals surface area (Å²) >= 11 is 0. The molecule has 1 aromatic carbocycles. The van der Waals surface area contributed by atoms with Gasteiger partial charge in [-0.2, -0.15) is 0 Å². The van der Waals surface area contributed by atoms with E-state index < -0.39 is 0 Å². The predicted octanol–water partition coefficient (Wildman–Crippen LogP) is 1.59. The van der Waals surface area contributed by atoms with E-state index in [1.807, 2.05) is 18.2 Å². The Kier molecular flexibility index (Phi) is 7.97. The normalized spacial score (nSPS) is 10.5. The minimum atomic E-state index is 0.448. The molecule has 0 amide bonds. The molecule has 0 unspecified atom stereocenters. The molecule has 0 spiro atoms. The van der Waals surface area contributed by atoms with E-state index >= 15 is 0 Å². The molecule has 0 radical (unpaired) electrons. The minimum absolute atomic E-state index is 0.448. The summed E-state index contributed by atoms with van der Waals surface area (Å²) < 4.78 is 21.1. The highest BCUT2D eigenvalue weighted by Gasteiger charge is 2.04. The lowest BCUT2D eigenvalue weighted by molar-refractivity contribution is 0.0644. The summed E-state index contributed by atoms with van der Waals surface area (Å²) in [5, 5.41) is 0. The van der Waals surface area contributed by atoms with Crippen molar-refractivity contribution in [2.45, 2.75) is 13.0 Å². The monoisotopic (exact) mass is 269 g/mol. The Morgan fingerprint density at radius 1 is 1.05 bits per heavy atom. The van der Waals surface area contributed by atoms with E-state index in [1.165, 1.54) is 0 Å². The van der Waals surface area contributed by atoms with Gasteiger partial charge in [-0.3, -0.25) is 0 Å². The lowest BCUT2D eigenvalue weighted by Gasteiger charge is -2.12. The van der Waals surface area contributed by atoms with Crippen LogP contribution < -0.4 is 15.2 Å². The molecule has 1 aromatic rings. The van der Waals surface area contributed by atoms with Crippen molar-refractivity contribution in [1.29, 1.82) is 0 Å². The molecule has 5 heteroatoms. The summed E-state index contributed by atoms with van der Waals surface area (Å²) in [4.78, 5) is 0. The van der Waals surface area contributed by atoms with Gasteiger partial charge in [0.15, 0.2) is 0 Å². The first kappa shape index (κ1) is 15.8. The van der Waals surface area contributed by atoms with Gasteiger partial charge in [-0.05, 0) is 6.07 Å². The van der Waals surface area contributed by atoms with E-state index in [2.05, 4.69) is 0 Å². The Balaban J connectivity index is 2.31. The fourth-order valence-electron chi connectivity index (χ4n) is 1.55. The first-order valence-corrected chi connectivity index (χ1v) is 6.38. The zero-order valence-corrected chi connectivity index (χ0v) is 11.7. The van der Waals surface area contributed by atoms with E-state index in [4.69, 9.17) is 24.7 Å². The molecule has 0 fully saturated rings. The van der Waals surface area contributed by atoms with Crippen LogP contribution in [0.25, 0.3) is 0 Å². The molecule has 5 nitrogen and oxygen atoms in total. The largest absolute Gasteiger partial charge is 0.497 e. The Morgan fingerprint density at radius 2 is 1.89 bits per heavy atom. The van der Waals surface area contributed by atoms with Gasteiger partial charge < -0.3 is 24.7 Å². The van der Waals surface area contributed by atoms with Gasteiger partial charge in [0.25, 0.3) is 0 Å².